The molecule has 0 radical (unpaired) electrons. The Morgan fingerprint density at radius 1 is 1.26 bits per heavy atom. The smallest absolute Gasteiger partial charge is 0.316 e. The average molecular weight is 263 g/mol. The second-order valence-corrected chi connectivity index (χ2v) is 4.66. The van der Waals surface area contributed by atoms with Crippen LogP contribution >= 0.6 is 0 Å². The number of amides is 1. The Morgan fingerprint density at radius 2 is 1.89 bits per heavy atom. The minimum atomic E-state index is -0.538. The zero-order chi connectivity index (χ0) is 13.9. The zero-order valence-electron chi connectivity index (χ0n) is 10.8. The van der Waals surface area contributed by atoms with Crippen LogP contribution in [0.2, 0.25) is 0 Å². The predicted octanol–water partition coefficient (Wildman–Crippen LogP) is 1.15. The van der Waals surface area contributed by atoms with Crippen LogP contribution in [-0.2, 0) is 19.7 Å². The summed E-state index contributed by atoms with van der Waals surface area (Å²) >= 11 is 0. The minimum Gasteiger partial charge on any atom is -0.497 e. The maximum atomic E-state index is 12.1. The van der Waals surface area contributed by atoms with Gasteiger partial charge in [0, 0.05) is 0 Å². The normalized spacial score (nSPS) is 15.6. The second kappa shape index (κ2) is 5.30. The molecule has 5 nitrogen and oxygen atoms in total. The van der Waals surface area contributed by atoms with Gasteiger partial charge in [-0.15, -0.1) is 0 Å². The predicted molar refractivity (Wildman–Crippen MR) is 68.7 cm³/mol. The van der Waals surface area contributed by atoms with Crippen molar-refractivity contribution in [3.05, 3.63) is 29.8 Å². The fourth-order valence-corrected chi connectivity index (χ4v) is 2.03. The summed E-state index contributed by atoms with van der Waals surface area (Å²) in [5, 5.41) is 0. The molecule has 1 aromatic carbocycles. The molecule has 0 aromatic heterocycles. The lowest BCUT2D eigenvalue weighted by atomic mass is 9.96. The van der Waals surface area contributed by atoms with Crippen LogP contribution in [0.5, 0.6) is 5.75 Å². The molecule has 1 saturated carbocycles. The van der Waals surface area contributed by atoms with Gasteiger partial charge in [0.15, 0.2) is 0 Å². The zero-order valence-corrected chi connectivity index (χ0v) is 10.8. The number of rotatable bonds is 6. The monoisotopic (exact) mass is 263 g/mol. The Bertz CT molecular complexity index is 477. The van der Waals surface area contributed by atoms with Gasteiger partial charge in [-0.3, -0.25) is 9.59 Å². The van der Waals surface area contributed by atoms with Gasteiger partial charge < -0.3 is 15.2 Å². The van der Waals surface area contributed by atoms with E-state index in [-0.39, 0.29) is 19.0 Å². The molecular weight excluding hydrogens is 246 g/mol. The fraction of sp³-hybridized carbons (Fsp3) is 0.429. The average Bonchev–Trinajstić information content (AvgIpc) is 3.20. The van der Waals surface area contributed by atoms with E-state index in [0.717, 1.165) is 24.2 Å². The fourth-order valence-electron chi connectivity index (χ4n) is 2.03. The molecule has 1 aliphatic carbocycles. The number of methoxy groups -OCH3 is 1. The van der Waals surface area contributed by atoms with Gasteiger partial charge in [-0.1, -0.05) is 12.1 Å². The van der Waals surface area contributed by atoms with Crippen LogP contribution in [0.15, 0.2) is 24.3 Å². The summed E-state index contributed by atoms with van der Waals surface area (Å²) in [6, 6.07) is 7.40. The molecule has 2 rings (SSSR count). The Labute approximate surface area is 111 Å². The number of carbonyl (C=O) groups is 2. The summed E-state index contributed by atoms with van der Waals surface area (Å²) < 4.78 is 10.2. The quantitative estimate of drug-likeness (QED) is 0.781. The maximum absolute atomic E-state index is 12.1. The molecule has 2 N–H and O–H groups in total. The van der Waals surface area contributed by atoms with E-state index in [0.29, 0.717) is 0 Å². The summed E-state index contributed by atoms with van der Waals surface area (Å²) in [7, 11) is 1.60. The van der Waals surface area contributed by atoms with Crippen LogP contribution in [0.25, 0.3) is 0 Å². The van der Waals surface area contributed by atoms with Gasteiger partial charge in [-0.05, 0) is 30.5 Å². The van der Waals surface area contributed by atoms with E-state index in [4.69, 9.17) is 15.2 Å². The lowest BCUT2D eigenvalue weighted by molar-refractivity contribution is -0.147. The molecule has 0 aliphatic heterocycles. The maximum Gasteiger partial charge on any atom is 0.316 e. The number of primary amides is 1. The minimum absolute atomic E-state index is 0.0477. The van der Waals surface area contributed by atoms with Crippen molar-refractivity contribution in [1.29, 1.82) is 0 Å². The highest BCUT2D eigenvalue weighted by Gasteiger charge is 2.52. The van der Waals surface area contributed by atoms with E-state index in [1.165, 1.54) is 0 Å². The first kappa shape index (κ1) is 13.4. The molecule has 0 saturated heterocycles. The molecule has 102 valence electrons. The van der Waals surface area contributed by atoms with Crippen molar-refractivity contribution in [2.45, 2.75) is 24.7 Å². The summed E-state index contributed by atoms with van der Waals surface area (Å²) in [5.74, 6) is 0.00246. The van der Waals surface area contributed by atoms with Gasteiger partial charge in [-0.25, -0.2) is 0 Å². The Morgan fingerprint density at radius 3 is 2.37 bits per heavy atom. The van der Waals surface area contributed by atoms with Crippen LogP contribution in [0.1, 0.15) is 24.8 Å². The standard InChI is InChI=1S/C14H17NO4/c1-18-11-4-2-10(3-5-11)14(7-8-14)13(17)19-9-6-12(15)16/h2-5H,6-9H2,1H3,(H2,15,16). The van der Waals surface area contributed by atoms with Crippen LogP contribution in [0.4, 0.5) is 0 Å². The van der Waals surface area contributed by atoms with E-state index < -0.39 is 11.3 Å². The second-order valence-electron chi connectivity index (χ2n) is 4.66. The highest BCUT2D eigenvalue weighted by Crippen LogP contribution is 2.49. The van der Waals surface area contributed by atoms with Crippen molar-refractivity contribution < 1.29 is 19.1 Å². The lowest BCUT2D eigenvalue weighted by Crippen LogP contribution is -2.25. The number of nitrogens with two attached hydrogens (primary N) is 1. The van der Waals surface area contributed by atoms with E-state index in [1.54, 1.807) is 7.11 Å². The van der Waals surface area contributed by atoms with Gasteiger partial charge in [0.05, 0.1) is 18.9 Å². The third-order valence-corrected chi connectivity index (χ3v) is 3.36. The van der Waals surface area contributed by atoms with Gasteiger partial charge in [0.1, 0.15) is 12.4 Å². The molecule has 19 heavy (non-hydrogen) atoms. The number of ether oxygens (including phenoxy) is 2. The van der Waals surface area contributed by atoms with Crippen LogP contribution in [-0.4, -0.2) is 25.6 Å². The molecule has 0 spiro atoms. The molecule has 5 heteroatoms. The summed E-state index contributed by atoms with van der Waals surface area (Å²) in [5.41, 5.74) is 5.39. The van der Waals surface area contributed by atoms with Crippen LogP contribution in [0, 0.1) is 0 Å². The first-order valence-electron chi connectivity index (χ1n) is 6.18. The Hall–Kier alpha value is -2.04. The van der Waals surface area contributed by atoms with Crippen LogP contribution in [0.3, 0.4) is 0 Å². The molecule has 0 atom stereocenters. The van der Waals surface area contributed by atoms with Gasteiger partial charge in [0.25, 0.3) is 0 Å². The molecule has 0 heterocycles. The molecule has 0 bridgehead atoms. The first-order valence-corrected chi connectivity index (χ1v) is 6.18. The summed E-state index contributed by atoms with van der Waals surface area (Å²) in [4.78, 5) is 22.7. The van der Waals surface area contributed by atoms with E-state index in [9.17, 15) is 9.59 Å². The van der Waals surface area contributed by atoms with Crippen molar-refractivity contribution in [2.24, 2.45) is 5.73 Å². The third kappa shape index (κ3) is 2.86. The van der Waals surface area contributed by atoms with Gasteiger partial charge in [-0.2, -0.15) is 0 Å². The molecule has 1 aromatic rings. The molecular formula is C14H17NO4. The van der Waals surface area contributed by atoms with Crippen molar-refractivity contribution in [2.75, 3.05) is 13.7 Å². The van der Waals surface area contributed by atoms with E-state index in [2.05, 4.69) is 0 Å². The molecule has 1 fully saturated rings. The number of hydrogen-bond donors (Lipinski definition) is 1. The van der Waals surface area contributed by atoms with Gasteiger partial charge in [0.2, 0.25) is 5.91 Å². The highest BCUT2D eigenvalue weighted by molar-refractivity contribution is 5.87. The number of hydrogen-bond acceptors (Lipinski definition) is 4. The molecule has 0 unspecified atom stereocenters. The van der Waals surface area contributed by atoms with Crippen molar-refractivity contribution >= 4 is 11.9 Å². The largest absolute Gasteiger partial charge is 0.497 e. The number of benzene rings is 1. The SMILES string of the molecule is COc1ccc(C2(C(=O)OCCC(N)=O)CC2)cc1. The number of carbonyl (C=O) groups excluding carboxylic acids is 2. The van der Waals surface area contributed by atoms with Crippen LogP contribution < -0.4 is 10.5 Å². The summed E-state index contributed by atoms with van der Waals surface area (Å²) in [6.07, 6.45) is 1.61. The van der Waals surface area contributed by atoms with E-state index >= 15 is 0 Å². The third-order valence-electron chi connectivity index (χ3n) is 3.36. The first-order chi connectivity index (χ1) is 9.08. The molecule has 1 aliphatic rings. The Balaban J connectivity index is 2.01. The van der Waals surface area contributed by atoms with Gasteiger partial charge >= 0.3 is 5.97 Å². The Kier molecular flexibility index (Phi) is 3.74. The molecule has 1 amide bonds. The van der Waals surface area contributed by atoms with Crippen molar-refractivity contribution in [3.63, 3.8) is 0 Å². The topological polar surface area (TPSA) is 78.6 Å². The summed E-state index contributed by atoms with van der Waals surface area (Å²) in [6.45, 7) is 0.0477. The van der Waals surface area contributed by atoms with Crippen molar-refractivity contribution in [3.8, 4) is 5.75 Å². The highest BCUT2D eigenvalue weighted by atomic mass is 16.5. The van der Waals surface area contributed by atoms with E-state index in [1.807, 2.05) is 24.3 Å². The van der Waals surface area contributed by atoms with Crippen molar-refractivity contribution in [1.82, 2.24) is 0 Å². The lowest BCUT2D eigenvalue weighted by Gasteiger charge is -2.15. The number of esters is 1.